The molecule has 0 aromatic carbocycles. The third-order valence-corrected chi connectivity index (χ3v) is 9.24. The van der Waals surface area contributed by atoms with E-state index in [0.29, 0.717) is 55.7 Å². The summed E-state index contributed by atoms with van der Waals surface area (Å²) in [7, 11) is -3.49. The summed E-state index contributed by atoms with van der Waals surface area (Å²) in [6.07, 6.45) is 5.31. The Morgan fingerprint density at radius 1 is 1.07 bits per heavy atom. The van der Waals surface area contributed by atoms with E-state index in [1.165, 1.54) is 4.31 Å². The molecule has 2 aromatic heterocycles. The highest BCUT2D eigenvalue weighted by atomic mass is 35.5. The van der Waals surface area contributed by atoms with Gasteiger partial charge in [-0.1, -0.05) is 11.6 Å². The van der Waals surface area contributed by atoms with Gasteiger partial charge in [-0.3, -0.25) is 4.79 Å². The average molecular weight is 470 g/mol. The molecule has 4 rings (SSSR count). The average Bonchev–Trinajstić information content (AvgIpc) is 3.22. The summed E-state index contributed by atoms with van der Waals surface area (Å²) in [6.45, 7) is 3.63. The van der Waals surface area contributed by atoms with Crippen LogP contribution in [-0.4, -0.2) is 72.8 Å². The predicted molar refractivity (Wildman–Crippen MR) is 116 cm³/mol. The molecule has 0 atom stereocenters. The number of rotatable bonds is 5. The Morgan fingerprint density at radius 3 is 2.33 bits per heavy atom. The first-order chi connectivity index (χ1) is 14.4. The number of aromatic nitrogens is 2. The van der Waals surface area contributed by atoms with Crippen molar-refractivity contribution in [3.8, 4) is 0 Å². The van der Waals surface area contributed by atoms with Crippen LogP contribution in [0.5, 0.6) is 0 Å². The quantitative estimate of drug-likeness (QED) is 0.668. The molecule has 2 saturated heterocycles. The first kappa shape index (κ1) is 21.5. The lowest BCUT2D eigenvalue weighted by Gasteiger charge is -2.36. The van der Waals surface area contributed by atoms with Crippen molar-refractivity contribution in [3.05, 3.63) is 34.9 Å². The number of piperidine rings is 1. The summed E-state index contributed by atoms with van der Waals surface area (Å²) in [4.78, 5) is 25.3. The van der Waals surface area contributed by atoms with Gasteiger partial charge in [-0.2, -0.15) is 4.31 Å². The lowest BCUT2D eigenvalue weighted by molar-refractivity contribution is -0.132. The van der Waals surface area contributed by atoms with Crippen LogP contribution in [0.2, 0.25) is 4.34 Å². The van der Waals surface area contributed by atoms with Gasteiger partial charge in [0.25, 0.3) is 10.0 Å². The first-order valence-corrected chi connectivity index (χ1v) is 12.6. The number of thiophene rings is 1. The molecule has 2 aliphatic rings. The predicted octanol–water partition coefficient (Wildman–Crippen LogP) is 2.33. The zero-order chi connectivity index (χ0) is 21.1. The van der Waals surface area contributed by atoms with Crippen molar-refractivity contribution < 1.29 is 13.2 Å². The molecule has 1 amide bonds. The van der Waals surface area contributed by atoms with Crippen molar-refractivity contribution in [2.24, 2.45) is 5.92 Å². The number of sulfonamides is 1. The number of hydrogen-bond donors (Lipinski definition) is 0. The van der Waals surface area contributed by atoms with Gasteiger partial charge >= 0.3 is 0 Å². The molecule has 2 fully saturated rings. The first-order valence-electron chi connectivity index (χ1n) is 9.99. The Labute approximate surface area is 185 Å². The fourth-order valence-electron chi connectivity index (χ4n) is 3.90. The van der Waals surface area contributed by atoms with Crippen LogP contribution in [0, 0.1) is 5.92 Å². The molecule has 0 N–H and O–H groups in total. The summed E-state index contributed by atoms with van der Waals surface area (Å²) in [5, 5.41) is 0. The number of anilines is 1. The van der Waals surface area contributed by atoms with Crippen molar-refractivity contribution >= 4 is 44.8 Å². The molecule has 162 valence electrons. The van der Waals surface area contributed by atoms with E-state index in [0.717, 1.165) is 24.4 Å². The maximum Gasteiger partial charge on any atom is 0.252 e. The molecule has 0 saturated carbocycles. The van der Waals surface area contributed by atoms with E-state index in [9.17, 15) is 13.2 Å². The zero-order valence-electron chi connectivity index (χ0n) is 16.5. The minimum atomic E-state index is -3.49. The molecule has 0 radical (unpaired) electrons. The minimum Gasteiger partial charge on any atom is -0.339 e. The molecule has 30 heavy (non-hydrogen) atoms. The SMILES string of the molecule is O=C(CC1CCN(S(=O)(=O)c2ccc(Cl)s2)CC1)N1CCN(c2ncccn2)CC1. The van der Waals surface area contributed by atoms with Crippen molar-refractivity contribution in [3.63, 3.8) is 0 Å². The standard InChI is InChI=1S/C19H24ClN5O3S2/c20-16-2-3-18(29-16)30(27,28)25-8-4-15(5-9-25)14-17(26)23-10-12-24(13-11-23)19-21-6-1-7-22-19/h1-3,6-7,15H,4-5,8-14H2. The summed E-state index contributed by atoms with van der Waals surface area (Å²) in [5.74, 6) is 1.06. The Morgan fingerprint density at radius 2 is 1.73 bits per heavy atom. The van der Waals surface area contributed by atoms with E-state index in [1.54, 1.807) is 30.6 Å². The topological polar surface area (TPSA) is 86.7 Å². The Kier molecular flexibility index (Phi) is 6.57. The van der Waals surface area contributed by atoms with E-state index in [-0.39, 0.29) is 16.0 Å². The van der Waals surface area contributed by atoms with Gasteiger partial charge < -0.3 is 9.80 Å². The van der Waals surface area contributed by atoms with E-state index in [4.69, 9.17) is 11.6 Å². The van der Waals surface area contributed by atoms with Crippen molar-refractivity contribution in [1.82, 2.24) is 19.2 Å². The molecule has 4 heterocycles. The third kappa shape index (κ3) is 4.77. The van der Waals surface area contributed by atoms with E-state index >= 15 is 0 Å². The second-order valence-electron chi connectivity index (χ2n) is 7.53. The zero-order valence-corrected chi connectivity index (χ0v) is 18.9. The second-order valence-corrected chi connectivity index (χ2v) is 11.4. The molecule has 2 aromatic rings. The third-order valence-electron chi connectivity index (χ3n) is 5.65. The lowest BCUT2D eigenvalue weighted by atomic mass is 9.94. The van der Waals surface area contributed by atoms with Gasteiger partial charge in [0.1, 0.15) is 4.21 Å². The van der Waals surface area contributed by atoms with E-state index in [1.807, 2.05) is 4.90 Å². The van der Waals surface area contributed by atoms with Crippen LogP contribution in [0.15, 0.2) is 34.8 Å². The highest BCUT2D eigenvalue weighted by Crippen LogP contribution is 2.31. The Balaban J connectivity index is 1.25. The van der Waals surface area contributed by atoms with Gasteiger partial charge in [-0.25, -0.2) is 18.4 Å². The van der Waals surface area contributed by atoms with Crippen LogP contribution < -0.4 is 4.90 Å². The maximum atomic E-state index is 12.7. The van der Waals surface area contributed by atoms with Crippen LogP contribution in [0.1, 0.15) is 19.3 Å². The van der Waals surface area contributed by atoms with Gasteiger partial charge in [0.2, 0.25) is 11.9 Å². The van der Waals surface area contributed by atoms with E-state index < -0.39 is 10.0 Å². The number of halogens is 1. The monoisotopic (exact) mass is 469 g/mol. The molecule has 2 aliphatic heterocycles. The van der Waals surface area contributed by atoms with Gasteiger partial charge in [-0.05, 0) is 37.0 Å². The van der Waals surface area contributed by atoms with Crippen LogP contribution in [0.4, 0.5) is 5.95 Å². The molecule has 0 unspecified atom stereocenters. The van der Waals surface area contributed by atoms with Gasteiger partial charge in [0, 0.05) is 58.1 Å². The summed E-state index contributed by atoms with van der Waals surface area (Å²) in [5.41, 5.74) is 0. The number of nitrogens with zero attached hydrogens (tertiary/aromatic N) is 5. The van der Waals surface area contributed by atoms with Gasteiger partial charge in [-0.15, -0.1) is 11.3 Å². The second kappa shape index (κ2) is 9.17. The van der Waals surface area contributed by atoms with E-state index in [2.05, 4.69) is 14.9 Å². The molecule has 0 bridgehead atoms. The number of carbonyl (C=O) groups is 1. The minimum absolute atomic E-state index is 0.148. The number of amides is 1. The number of piperazine rings is 1. The lowest BCUT2D eigenvalue weighted by Crippen LogP contribution is -2.50. The van der Waals surface area contributed by atoms with Gasteiger partial charge in [0.15, 0.2) is 0 Å². The fourth-order valence-corrected chi connectivity index (χ4v) is 7.01. The molecule has 8 nitrogen and oxygen atoms in total. The van der Waals surface area contributed by atoms with Crippen LogP contribution in [0.3, 0.4) is 0 Å². The molecule has 11 heteroatoms. The smallest absolute Gasteiger partial charge is 0.252 e. The van der Waals surface area contributed by atoms with Crippen molar-refractivity contribution in [2.75, 3.05) is 44.2 Å². The Bertz CT molecular complexity index is 969. The summed E-state index contributed by atoms with van der Waals surface area (Å²) >= 11 is 6.97. The molecule has 0 spiro atoms. The van der Waals surface area contributed by atoms with Gasteiger partial charge in [0.05, 0.1) is 4.34 Å². The maximum absolute atomic E-state index is 12.7. The van der Waals surface area contributed by atoms with Crippen LogP contribution in [-0.2, 0) is 14.8 Å². The Hall–Kier alpha value is -1.75. The van der Waals surface area contributed by atoms with Crippen LogP contribution in [0.25, 0.3) is 0 Å². The van der Waals surface area contributed by atoms with Crippen molar-refractivity contribution in [2.45, 2.75) is 23.5 Å². The largest absolute Gasteiger partial charge is 0.339 e. The highest BCUT2D eigenvalue weighted by molar-refractivity contribution is 7.91. The number of carbonyl (C=O) groups excluding carboxylic acids is 1. The molecular weight excluding hydrogens is 446 g/mol. The van der Waals surface area contributed by atoms with Crippen LogP contribution >= 0.6 is 22.9 Å². The van der Waals surface area contributed by atoms with Crippen molar-refractivity contribution in [1.29, 1.82) is 0 Å². The molecular formula is C19H24ClN5O3S2. The highest BCUT2D eigenvalue weighted by Gasteiger charge is 2.32. The normalized spacial score (nSPS) is 19.2. The summed E-state index contributed by atoms with van der Waals surface area (Å²) in [6, 6.07) is 4.95. The number of hydrogen-bond acceptors (Lipinski definition) is 7. The fraction of sp³-hybridized carbons (Fsp3) is 0.526. The molecule has 0 aliphatic carbocycles. The summed E-state index contributed by atoms with van der Waals surface area (Å²) < 4.78 is 27.7.